The van der Waals surface area contributed by atoms with Gasteiger partial charge in [0.1, 0.15) is 12.0 Å². The molecule has 0 unspecified atom stereocenters. The third-order valence-corrected chi connectivity index (χ3v) is 3.68. The highest BCUT2D eigenvalue weighted by Gasteiger charge is 2.32. The number of carbonyl (C=O) groups is 2. The van der Waals surface area contributed by atoms with Crippen molar-refractivity contribution in [2.45, 2.75) is 6.54 Å². The van der Waals surface area contributed by atoms with E-state index < -0.39 is 0 Å². The molecule has 0 aliphatic carbocycles. The van der Waals surface area contributed by atoms with Crippen molar-refractivity contribution in [2.24, 2.45) is 0 Å². The van der Waals surface area contributed by atoms with E-state index in [2.05, 4.69) is 0 Å². The van der Waals surface area contributed by atoms with E-state index in [1.165, 1.54) is 6.08 Å². The smallest absolute Gasteiger partial charge is 0.259 e. The lowest BCUT2D eigenvalue weighted by Crippen LogP contribution is -2.25. The van der Waals surface area contributed by atoms with Crippen LogP contribution in [0.4, 0.5) is 5.69 Å². The summed E-state index contributed by atoms with van der Waals surface area (Å²) < 4.78 is 5.24. The van der Waals surface area contributed by atoms with Crippen molar-refractivity contribution in [3.63, 3.8) is 0 Å². The predicted molar refractivity (Wildman–Crippen MR) is 84.7 cm³/mol. The molecular formula is C18H15NO3. The minimum atomic E-state index is -0.167. The van der Waals surface area contributed by atoms with Gasteiger partial charge < -0.3 is 9.64 Å². The molecule has 0 fully saturated rings. The molecule has 4 nitrogen and oxygen atoms in total. The Hall–Kier alpha value is -2.88. The molecule has 110 valence electrons. The van der Waals surface area contributed by atoms with Crippen LogP contribution in [0, 0.1) is 0 Å². The lowest BCUT2D eigenvalue weighted by molar-refractivity contribution is -0.113. The number of methoxy groups -OCH3 is 1. The lowest BCUT2D eigenvalue weighted by Gasteiger charge is -2.17. The molecule has 2 aromatic rings. The SMILES string of the molecule is COc1ccc2c(c1)N(Cc1ccccc1)C(=O)/C2=C\C=O. The molecule has 0 saturated heterocycles. The Morgan fingerprint density at radius 2 is 1.91 bits per heavy atom. The first-order valence-electron chi connectivity index (χ1n) is 6.94. The van der Waals surface area contributed by atoms with Crippen LogP contribution in [0.2, 0.25) is 0 Å². The van der Waals surface area contributed by atoms with Gasteiger partial charge in [-0.15, -0.1) is 0 Å². The first-order chi connectivity index (χ1) is 10.7. The summed E-state index contributed by atoms with van der Waals surface area (Å²) in [4.78, 5) is 25.1. The van der Waals surface area contributed by atoms with Crippen molar-refractivity contribution >= 4 is 23.5 Å². The number of amides is 1. The summed E-state index contributed by atoms with van der Waals surface area (Å²) in [6, 6.07) is 15.2. The molecule has 22 heavy (non-hydrogen) atoms. The zero-order valence-electron chi connectivity index (χ0n) is 12.2. The van der Waals surface area contributed by atoms with Crippen molar-refractivity contribution in [1.29, 1.82) is 0 Å². The number of allylic oxidation sites excluding steroid dienone is 1. The fourth-order valence-electron chi connectivity index (χ4n) is 2.61. The van der Waals surface area contributed by atoms with Crippen LogP contribution < -0.4 is 9.64 Å². The maximum absolute atomic E-state index is 12.6. The Kier molecular flexibility index (Phi) is 3.74. The second-order valence-electron chi connectivity index (χ2n) is 4.98. The highest BCUT2D eigenvalue weighted by Crippen LogP contribution is 2.39. The molecule has 3 rings (SSSR count). The molecule has 2 aromatic carbocycles. The van der Waals surface area contributed by atoms with Crippen molar-refractivity contribution in [2.75, 3.05) is 12.0 Å². The van der Waals surface area contributed by atoms with Gasteiger partial charge in [0, 0.05) is 11.6 Å². The van der Waals surface area contributed by atoms with Gasteiger partial charge in [-0.1, -0.05) is 30.3 Å². The number of carbonyl (C=O) groups excluding carboxylic acids is 2. The highest BCUT2D eigenvalue weighted by atomic mass is 16.5. The molecule has 1 aliphatic rings. The number of fused-ring (bicyclic) bond motifs is 1. The van der Waals surface area contributed by atoms with Gasteiger partial charge >= 0.3 is 0 Å². The average Bonchev–Trinajstić information content (AvgIpc) is 2.81. The number of rotatable bonds is 4. The van der Waals surface area contributed by atoms with Gasteiger partial charge in [-0.3, -0.25) is 9.59 Å². The molecule has 0 bridgehead atoms. The van der Waals surface area contributed by atoms with Gasteiger partial charge in [0.05, 0.1) is 24.9 Å². The summed E-state index contributed by atoms with van der Waals surface area (Å²) in [7, 11) is 1.59. The summed E-state index contributed by atoms with van der Waals surface area (Å²) in [5.74, 6) is 0.510. The van der Waals surface area contributed by atoms with E-state index in [-0.39, 0.29) is 5.91 Å². The molecule has 0 aromatic heterocycles. The second-order valence-corrected chi connectivity index (χ2v) is 4.98. The third-order valence-electron chi connectivity index (χ3n) is 3.68. The summed E-state index contributed by atoms with van der Waals surface area (Å²) in [6.07, 6.45) is 1.96. The van der Waals surface area contributed by atoms with Crippen LogP contribution in [0.5, 0.6) is 5.75 Å². The monoisotopic (exact) mass is 293 g/mol. The quantitative estimate of drug-likeness (QED) is 0.643. The van der Waals surface area contributed by atoms with Gasteiger partial charge in [0.2, 0.25) is 0 Å². The van der Waals surface area contributed by atoms with E-state index >= 15 is 0 Å². The fourth-order valence-corrected chi connectivity index (χ4v) is 2.61. The summed E-state index contributed by atoms with van der Waals surface area (Å²) in [6.45, 7) is 0.454. The Labute approximate surface area is 128 Å². The van der Waals surface area contributed by atoms with Gasteiger partial charge in [-0.05, 0) is 23.8 Å². The fraction of sp³-hybridized carbons (Fsp3) is 0.111. The van der Waals surface area contributed by atoms with E-state index in [1.54, 1.807) is 18.1 Å². The van der Waals surface area contributed by atoms with Gasteiger partial charge in [0.25, 0.3) is 5.91 Å². The van der Waals surface area contributed by atoms with Crippen LogP contribution in [-0.4, -0.2) is 19.3 Å². The summed E-state index contributed by atoms with van der Waals surface area (Å²) in [5, 5.41) is 0. The molecule has 1 heterocycles. The number of hydrogen-bond donors (Lipinski definition) is 0. The van der Waals surface area contributed by atoms with E-state index in [9.17, 15) is 9.59 Å². The average molecular weight is 293 g/mol. The minimum absolute atomic E-state index is 0.167. The van der Waals surface area contributed by atoms with Gasteiger partial charge in [0.15, 0.2) is 0 Å². The molecule has 1 aliphatic heterocycles. The van der Waals surface area contributed by atoms with Crippen molar-refractivity contribution in [3.05, 3.63) is 65.7 Å². The van der Waals surface area contributed by atoms with E-state index in [4.69, 9.17) is 4.74 Å². The molecular weight excluding hydrogens is 278 g/mol. The first kappa shape index (κ1) is 14.1. The second kappa shape index (κ2) is 5.85. The minimum Gasteiger partial charge on any atom is -0.497 e. The van der Waals surface area contributed by atoms with Crippen molar-refractivity contribution in [1.82, 2.24) is 0 Å². The molecule has 4 heteroatoms. The van der Waals surface area contributed by atoms with Crippen LogP contribution in [-0.2, 0) is 16.1 Å². The predicted octanol–water partition coefficient (Wildman–Crippen LogP) is 2.82. The molecule has 0 spiro atoms. The number of ether oxygens (including phenoxy) is 1. The van der Waals surface area contributed by atoms with Crippen LogP contribution in [0.3, 0.4) is 0 Å². The van der Waals surface area contributed by atoms with E-state index in [0.29, 0.717) is 24.2 Å². The molecule has 1 amide bonds. The normalized spacial score (nSPS) is 15.0. The molecule has 0 N–H and O–H groups in total. The number of aldehydes is 1. The maximum atomic E-state index is 12.6. The van der Waals surface area contributed by atoms with Crippen LogP contribution >= 0.6 is 0 Å². The highest BCUT2D eigenvalue weighted by molar-refractivity contribution is 6.34. The van der Waals surface area contributed by atoms with Crippen molar-refractivity contribution in [3.8, 4) is 5.75 Å². The third kappa shape index (κ3) is 2.39. The first-order valence-corrected chi connectivity index (χ1v) is 6.94. The number of anilines is 1. The van der Waals surface area contributed by atoms with Crippen LogP contribution in [0.1, 0.15) is 11.1 Å². The Bertz CT molecular complexity index is 750. The summed E-state index contributed by atoms with van der Waals surface area (Å²) >= 11 is 0. The molecule has 0 atom stereocenters. The molecule has 0 radical (unpaired) electrons. The topological polar surface area (TPSA) is 46.6 Å². The zero-order chi connectivity index (χ0) is 15.5. The number of benzene rings is 2. The lowest BCUT2D eigenvalue weighted by atomic mass is 10.1. The molecule has 0 saturated carbocycles. The largest absolute Gasteiger partial charge is 0.497 e. The zero-order valence-corrected chi connectivity index (χ0v) is 12.2. The Morgan fingerprint density at radius 1 is 1.14 bits per heavy atom. The van der Waals surface area contributed by atoms with E-state index in [1.807, 2.05) is 42.5 Å². The Balaban J connectivity index is 2.06. The number of hydrogen-bond acceptors (Lipinski definition) is 3. The van der Waals surface area contributed by atoms with Crippen molar-refractivity contribution < 1.29 is 14.3 Å². The Morgan fingerprint density at radius 3 is 2.59 bits per heavy atom. The van der Waals surface area contributed by atoms with Gasteiger partial charge in [-0.2, -0.15) is 0 Å². The summed E-state index contributed by atoms with van der Waals surface area (Å²) in [5.41, 5.74) is 2.97. The standard InChI is InChI=1S/C18H15NO3/c1-22-14-7-8-15-16(9-10-20)18(21)19(17(15)11-14)12-13-5-3-2-4-6-13/h2-11H,12H2,1H3/b16-9-. The van der Waals surface area contributed by atoms with Crippen LogP contribution in [0.15, 0.2) is 54.6 Å². The van der Waals surface area contributed by atoms with E-state index in [0.717, 1.165) is 16.8 Å². The number of nitrogens with zero attached hydrogens (tertiary/aromatic N) is 1. The van der Waals surface area contributed by atoms with Gasteiger partial charge in [-0.25, -0.2) is 0 Å². The maximum Gasteiger partial charge on any atom is 0.259 e. The van der Waals surface area contributed by atoms with Crippen LogP contribution in [0.25, 0.3) is 5.57 Å².